The quantitative estimate of drug-likeness (QED) is 0.360. The summed E-state index contributed by atoms with van der Waals surface area (Å²) in [6, 6.07) is 29.5. The Morgan fingerprint density at radius 2 is 1.53 bits per heavy atom. The van der Waals surface area contributed by atoms with Gasteiger partial charge in [0.2, 0.25) is 0 Å². The zero-order valence-electron chi connectivity index (χ0n) is 17.9. The summed E-state index contributed by atoms with van der Waals surface area (Å²) < 4.78 is 0. The summed E-state index contributed by atoms with van der Waals surface area (Å²) in [7, 11) is 0. The Morgan fingerprint density at radius 1 is 0.812 bits per heavy atom. The van der Waals surface area contributed by atoms with E-state index >= 15 is 0 Å². The average molecular weight is 434 g/mol. The molecule has 4 aromatic rings. The predicted molar refractivity (Wildman–Crippen MR) is 134 cm³/mol. The van der Waals surface area contributed by atoms with Gasteiger partial charge in [-0.25, -0.2) is 0 Å². The van der Waals surface area contributed by atoms with Crippen LogP contribution in [0.4, 0.5) is 5.69 Å². The standard InChI is InChI=1S/C29H23NOS/c1-2-9-18-16-17-23(20-11-4-3-10-19(18)20)29-26-27(21-12-5-6-13-22(21)28(26)31)30-24-14-7-8-15-25(24)32-29/h3-8,10-17,29-30H,2,9H2,1H3/t29-/m0/s1. The van der Waals surface area contributed by atoms with Crippen molar-refractivity contribution in [2.45, 2.75) is 29.9 Å². The number of fused-ring (bicyclic) bond motifs is 4. The third-order valence-corrected chi connectivity index (χ3v) is 7.79. The van der Waals surface area contributed by atoms with Crippen LogP contribution in [0.2, 0.25) is 0 Å². The number of hydrogen-bond acceptors (Lipinski definition) is 3. The molecule has 0 saturated carbocycles. The second-order valence-electron chi connectivity index (χ2n) is 8.39. The normalized spacial score (nSPS) is 16.9. The molecule has 4 aromatic carbocycles. The first-order valence-electron chi connectivity index (χ1n) is 11.2. The highest BCUT2D eigenvalue weighted by atomic mass is 32.2. The number of carbonyl (C=O) groups excluding carboxylic acids is 1. The van der Waals surface area contributed by atoms with Crippen molar-refractivity contribution < 1.29 is 4.79 Å². The van der Waals surface area contributed by atoms with Crippen LogP contribution in [-0.2, 0) is 6.42 Å². The lowest BCUT2D eigenvalue weighted by Crippen LogP contribution is -2.08. The number of thioether (sulfide) groups is 1. The lowest BCUT2D eigenvalue weighted by Gasteiger charge is -2.20. The molecule has 0 spiro atoms. The van der Waals surface area contributed by atoms with Crippen LogP contribution in [0, 0.1) is 0 Å². The summed E-state index contributed by atoms with van der Waals surface area (Å²) in [6.07, 6.45) is 2.17. The molecular formula is C29H23NOS. The van der Waals surface area contributed by atoms with E-state index in [1.54, 1.807) is 11.8 Å². The number of ketones is 1. The fourth-order valence-electron chi connectivity index (χ4n) is 5.00. The van der Waals surface area contributed by atoms with Crippen LogP contribution in [0.15, 0.2) is 95.4 Å². The van der Waals surface area contributed by atoms with Gasteiger partial charge in [-0.2, -0.15) is 0 Å². The first-order valence-corrected chi connectivity index (χ1v) is 12.1. The number of nitrogens with one attached hydrogen (secondary N) is 1. The van der Waals surface area contributed by atoms with E-state index in [2.05, 4.69) is 72.9 Å². The Balaban J connectivity index is 1.62. The fourth-order valence-corrected chi connectivity index (χ4v) is 6.33. The van der Waals surface area contributed by atoms with E-state index in [0.717, 1.165) is 40.9 Å². The molecule has 0 radical (unpaired) electrons. The third-order valence-electron chi connectivity index (χ3n) is 6.46. The summed E-state index contributed by atoms with van der Waals surface area (Å²) in [4.78, 5) is 14.9. The van der Waals surface area contributed by atoms with Gasteiger partial charge in [0.05, 0.1) is 16.6 Å². The third kappa shape index (κ3) is 2.92. The number of rotatable bonds is 3. The van der Waals surface area contributed by atoms with Gasteiger partial charge in [0.15, 0.2) is 5.78 Å². The minimum Gasteiger partial charge on any atom is -0.354 e. The van der Waals surface area contributed by atoms with E-state index in [4.69, 9.17) is 0 Å². The number of aryl methyl sites for hydroxylation is 1. The highest BCUT2D eigenvalue weighted by Crippen LogP contribution is 2.53. The first-order chi connectivity index (χ1) is 15.8. The summed E-state index contributed by atoms with van der Waals surface area (Å²) >= 11 is 1.77. The van der Waals surface area contributed by atoms with Crippen molar-refractivity contribution in [2.24, 2.45) is 0 Å². The molecule has 156 valence electrons. The number of para-hydroxylation sites is 1. The molecule has 1 aliphatic carbocycles. The molecule has 1 heterocycles. The highest BCUT2D eigenvalue weighted by molar-refractivity contribution is 8.00. The van der Waals surface area contributed by atoms with Crippen LogP contribution < -0.4 is 5.32 Å². The van der Waals surface area contributed by atoms with E-state index in [9.17, 15) is 4.79 Å². The second-order valence-corrected chi connectivity index (χ2v) is 9.54. The van der Waals surface area contributed by atoms with Crippen LogP contribution in [0.5, 0.6) is 0 Å². The SMILES string of the molecule is CCCc1ccc([C@@H]2Sc3ccccc3NC3=C2C(=O)c2ccccc23)c2ccccc12. The summed E-state index contributed by atoms with van der Waals surface area (Å²) in [5, 5.41) is 6.08. The van der Waals surface area contributed by atoms with Crippen molar-refractivity contribution in [3.63, 3.8) is 0 Å². The minimum atomic E-state index is -0.0818. The van der Waals surface area contributed by atoms with Gasteiger partial charge in [-0.3, -0.25) is 4.79 Å². The van der Waals surface area contributed by atoms with Gasteiger partial charge in [-0.1, -0.05) is 86.1 Å². The largest absolute Gasteiger partial charge is 0.354 e. The maximum absolute atomic E-state index is 13.7. The van der Waals surface area contributed by atoms with E-state index in [-0.39, 0.29) is 11.0 Å². The molecule has 0 amide bonds. The van der Waals surface area contributed by atoms with Gasteiger partial charge in [0, 0.05) is 21.6 Å². The number of benzene rings is 4. The monoisotopic (exact) mass is 433 g/mol. The molecule has 1 atom stereocenters. The van der Waals surface area contributed by atoms with Gasteiger partial charge >= 0.3 is 0 Å². The van der Waals surface area contributed by atoms with Crippen molar-refractivity contribution in [3.8, 4) is 0 Å². The van der Waals surface area contributed by atoms with Crippen LogP contribution >= 0.6 is 11.8 Å². The van der Waals surface area contributed by atoms with Crippen molar-refractivity contribution >= 4 is 39.7 Å². The van der Waals surface area contributed by atoms with Gasteiger partial charge < -0.3 is 5.32 Å². The van der Waals surface area contributed by atoms with Gasteiger partial charge in [0.1, 0.15) is 0 Å². The van der Waals surface area contributed by atoms with E-state index < -0.39 is 0 Å². The molecular weight excluding hydrogens is 410 g/mol. The lowest BCUT2D eigenvalue weighted by molar-refractivity contribution is 0.103. The molecule has 0 fully saturated rings. The molecule has 0 aromatic heterocycles. The summed E-state index contributed by atoms with van der Waals surface area (Å²) in [5.41, 5.74) is 7.25. The Morgan fingerprint density at radius 3 is 2.38 bits per heavy atom. The van der Waals surface area contributed by atoms with E-state index in [1.165, 1.54) is 26.8 Å². The van der Waals surface area contributed by atoms with Gasteiger partial charge in [0.25, 0.3) is 0 Å². The van der Waals surface area contributed by atoms with Crippen LogP contribution in [-0.4, -0.2) is 5.78 Å². The molecule has 3 heteroatoms. The van der Waals surface area contributed by atoms with Gasteiger partial charge in [-0.05, 0) is 40.5 Å². The molecule has 0 unspecified atom stereocenters. The molecule has 0 saturated heterocycles. The van der Waals surface area contributed by atoms with Crippen molar-refractivity contribution in [1.29, 1.82) is 0 Å². The van der Waals surface area contributed by atoms with Crippen LogP contribution in [0.3, 0.4) is 0 Å². The smallest absolute Gasteiger partial charge is 0.193 e. The molecule has 1 aliphatic heterocycles. The van der Waals surface area contributed by atoms with Gasteiger partial charge in [-0.15, -0.1) is 11.8 Å². The Bertz CT molecular complexity index is 1420. The van der Waals surface area contributed by atoms with E-state index in [1.807, 2.05) is 24.3 Å². The van der Waals surface area contributed by atoms with E-state index in [0.29, 0.717) is 0 Å². The fraction of sp³-hybridized carbons (Fsp3) is 0.138. The van der Waals surface area contributed by atoms with Crippen LogP contribution in [0.1, 0.15) is 45.6 Å². The maximum Gasteiger partial charge on any atom is 0.193 e. The van der Waals surface area contributed by atoms with Crippen molar-refractivity contribution in [2.75, 3.05) is 5.32 Å². The zero-order valence-corrected chi connectivity index (χ0v) is 18.7. The Labute approximate surface area is 192 Å². The zero-order chi connectivity index (χ0) is 21.7. The topological polar surface area (TPSA) is 29.1 Å². The molecule has 32 heavy (non-hydrogen) atoms. The number of anilines is 1. The molecule has 2 nitrogen and oxygen atoms in total. The molecule has 2 aliphatic rings. The van der Waals surface area contributed by atoms with Crippen molar-refractivity contribution in [1.82, 2.24) is 0 Å². The van der Waals surface area contributed by atoms with Crippen molar-refractivity contribution in [3.05, 3.63) is 113 Å². The number of Topliss-reactive ketones (excluding diaryl/α,β-unsaturated/α-hetero) is 1. The summed E-state index contributed by atoms with van der Waals surface area (Å²) in [6.45, 7) is 2.22. The Hall–Kier alpha value is -3.30. The maximum atomic E-state index is 13.7. The molecule has 0 bridgehead atoms. The van der Waals surface area contributed by atoms with Crippen LogP contribution in [0.25, 0.3) is 16.5 Å². The first kappa shape index (κ1) is 19.4. The number of hydrogen-bond donors (Lipinski definition) is 1. The second kappa shape index (κ2) is 7.68. The molecule has 1 N–H and O–H groups in total. The highest BCUT2D eigenvalue weighted by Gasteiger charge is 2.38. The summed E-state index contributed by atoms with van der Waals surface area (Å²) in [5.74, 6) is 0.134. The minimum absolute atomic E-state index is 0.0818. The average Bonchev–Trinajstić information content (AvgIpc) is 2.99. The molecule has 6 rings (SSSR count). The lowest BCUT2D eigenvalue weighted by atomic mass is 9.92. The Kier molecular flexibility index (Phi) is 4.65. The predicted octanol–water partition coefficient (Wildman–Crippen LogP) is 7.66. The number of carbonyl (C=O) groups is 1.